The Hall–Kier alpha value is -2.34. The first-order valence-electron chi connectivity index (χ1n) is 9.69. The maximum atomic E-state index is 12.2. The normalized spacial score (nSPS) is 16.7. The van der Waals surface area contributed by atoms with E-state index < -0.39 is 0 Å². The summed E-state index contributed by atoms with van der Waals surface area (Å²) < 4.78 is 10.8. The molecule has 0 saturated carbocycles. The monoisotopic (exact) mass is 374 g/mol. The highest BCUT2D eigenvalue weighted by Gasteiger charge is 2.30. The standard InChI is InChI=1S/C21H30N2O4/c1-3-27-20(24)19-16(2)22-21(25)23-18(19)13-9-4-5-10-14-26-15-17-11-7-6-8-12-17/h6-8,11-12,18H,3-5,9-10,13-15H2,1-2H3,(H2,22,23,25). The van der Waals surface area contributed by atoms with E-state index in [1.54, 1.807) is 13.8 Å². The van der Waals surface area contributed by atoms with Gasteiger partial charge in [0.05, 0.1) is 24.8 Å². The van der Waals surface area contributed by atoms with Gasteiger partial charge in [0, 0.05) is 12.3 Å². The molecule has 1 aromatic carbocycles. The van der Waals surface area contributed by atoms with Crippen molar-refractivity contribution in [1.82, 2.24) is 10.6 Å². The van der Waals surface area contributed by atoms with Crippen LogP contribution in [0.1, 0.15) is 51.5 Å². The molecule has 6 heteroatoms. The molecule has 0 fully saturated rings. The maximum Gasteiger partial charge on any atom is 0.337 e. The fourth-order valence-electron chi connectivity index (χ4n) is 3.16. The lowest BCUT2D eigenvalue weighted by atomic mass is 9.97. The Morgan fingerprint density at radius 1 is 1.11 bits per heavy atom. The van der Waals surface area contributed by atoms with Gasteiger partial charge in [0.2, 0.25) is 0 Å². The first kappa shape index (κ1) is 21.0. The van der Waals surface area contributed by atoms with Crippen LogP contribution in [0.25, 0.3) is 0 Å². The van der Waals surface area contributed by atoms with Crippen LogP contribution in [0.3, 0.4) is 0 Å². The number of allylic oxidation sites excluding steroid dienone is 1. The molecule has 0 saturated heterocycles. The van der Waals surface area contributed by atoms with E-state index in [0.29, 0.717) is 24.5 Å². The molecular weight excluding hydrogens is 344 g/mol. The topological polar surface area (TPSA) is 76.7 Å². The van der Waals surface area contributed by atoms with Crippen LogP contribution in [-0.4, -0.2) is 31.3 Å². The van der Waals surface area contributed by atoms with Gasteiger partial charge in [-0.2, -0.15) is 0 Å². The lowest BCUT2D eigenvalue weighted by Gasteiger charge is -2.27. The van der Waals surface area contributed by atoms with Crippen molar-refractivity contribution >= 4 is 12.0 Å². The smallest absolute Gasteiger partial charge is 0.337 e. The Balaban J connectivity index is 1.65. The van der Waals surface area contributed by atoms with Crippen LogP contribution in [0.5, 0.6) is 0 Å². The minimum absolute atomic E-state index is 0.264. The third-order valence-corrected chi connectivity index (χ3v) is 4.50. The molecule has 2 amide bonds. The predicted molar refractivity (Wildman–Crippen MR) is 104 cm³/mol. The molecule has 1 aliphatic rings. The second-order valence-electron chi connectivity index (χ2n) is 6.65. The largest absolute Gasteiger partial charge is 0.463 e. The Bertz CT molecular complexity index is 643. The van der Waals surface area contributed by atoms with Gasteiger partial charge in [-0.05, 0) is 32.3 Å². The number of hydrogen-bond donors (Lipinski definition) is 2. The molecule has 2 N–H and O–H groups in total. The van der Waals surface area contributed by atoms with E-state index in [1.165, 1.54) is 5.56 Å². The van der Waals surface area contributed by atoms with Gasteiger partial charge in [0.1, 0.15) is 0 Å². The number of carbonyl (C=O) groups excluding carboxylic acids is 2. The van der Waals surface area contributed by atoms with Crippen molar-refractivity contribution in [1.29, 1.82) is 0 Å². The Morgan fingerprint density at radius 3 is 2.59 bits per heavy atom. The molecule has 0 bridgehead atoms. The minimum atomic E-state index is -0.359. The van der Waals surface area contributed by atoms with E-state index in [0.717, 1.165) is 38.7 Å². The first-order valence-corrected chi connectivity index (χ1v) is 9.69. The van der Waals surface area contributed by atoms with Gasteiger partial charge in [0.15, 0.2) is 0 Å². The number of ether oxygens (including phenoxy) is 2. The molecule has 0 radical (unpaired) electrons. The van der Waals surface area contributed by atoms with E-state index in [9.17, 15) is 9.59 Å². The van der Waals surface area contributed by atoms with Gasteiger partial charge >= 0.3 is 12.0 Å². The number of nitrogens with one attached hydrogen (secondary N) is 2. The molecule has 1 atom stereocenters. The zero-order valence-electron chi connectivity index (χ0n) is 16.3. The summed E-state index contributed by atoms with van der Waals surface area (Å²) in [5.41, 5.74) is 2.30. The fraction of sp³-hybridized carbons (Fsp3) is 0.524. The van der Waals surface area contributed by atoms with Gasteiger partial charge < -0.3 is 20.1 Å². The number of carbonyl (C=O) groups is 2. The zero-order chi connectivity index (χ0) is 19.5. The Morgan fingerprint density at radius 2 is 1.85 bits per heavy atom. The predicted octanol–water partition coefficient (Wildman–Crippen LogP) is 3.67. The van der Waals surface area contributed by atoms with Crippen molar-refractivity contribution < 1.29 is 19.1 Å². The van der Waals surface area contributed by atoms with Gasteiger partial charge in [-0.3, -0.25) is 0 Å². The van der Waals surface area contributed by atoms with Crippen molar-refractivity contribution in [3.05, 3.63) is 47.2 Å². The summed E-state index contributed by atoms with van der Waals surface area (Å²) in [6.07, 6.45) is 4.75. The summed E-state index contributed by atoms with van der Waals surface area (Å²) in [5.74, 6) is -0.359. The Labute approximate surface area is 161 Å². The van der Waals surface area contributed by atoms with Crippen LogP contribution in [-0.2, 0) is 20.9 Å². The number of hydrogen-bond acceptors (Lipinski definition) is 4. The fourth-order valence-corrected chi connectivity index (χ4v) is 3.16. The summed E-state index contributed by atoms with van der Waals surface area (Å²) in [5, 5.41) is 5.48. The van der Waals surface area contributed by atoms with Gasteiger partial charge in [-0.1, -0.05) is 49.6 Å². The molecule has 1 aromatic rings. The minimum Gasteiger partial charge on any atom is -0.463 e. The summed E-state index contributed by atoms with van der Waals surface area (Å²) in [6, 6.07) is 9.59. The molecule has 27 heavy (non-hydrogen) atoms. The zero-order valence-corrected chi connectivity index (χ0v) is 16.3. The van der Waals surface area contributed by atoms with Crippen LogP contribution in [0.15, 0.2) is 41.6 Å². The quantitative estimate of drug-likeness (QED) is 0.458. The van der Waals surface area contributed by atoms with E-state index in [-0.39, 0.29) is 18.0 Å². The van der Waals surface area contributed by atoms with Crippen molar-refractivity contribution in [2.75, 3.05) is 13.2 Å². The van der Waals surface area contributed by atoms with Crippen LogP contribution in [0, 0.1) is 0 Å². The molecule has 1 unspecified atom stereocenters. The molecule has 1 aliphatic heterocycles. The number of rotatable bonds is 11. The SMILES string of the molecule is CCOC(=O)C1=C(C)NC(=O)NC1CCCCCCOCc1ccccc1. The van der Waals surface area contributed by atoms with Crippen molar-refractivity contribution in [2.24, 2.45) is 0 Å². The Kier molecular flexibility index (Phi) is 8.84. The maximum absolute atomic E-state index is 12.2. The van der Waals surface area contributed by atoms with Crippen molar-refractivity contribution in [3.63, 3.8) is 0 Å². The molecule has 1 heterocycles. The van der Waals surface area contributed by atoms with E-state index in [2.05, 4.69) is 22.8 Å². The summed E-state index contributed by atoms with van der Waals surface area (Å²) >= 11 is 0. The number of urea groups is 1. The average molecular weight is 374 g/mol. The number of esters is 1. The molecular formula is C21H30N2O4. The van der Waals surface area contributed by atoms with Crippen LogP contribution in [0.2, 0.25) is 0 Å². The molecule has 0 aromatic heterocycles. The lowest BCUT2D eigenvalue weighted by Crippen LogP contribution is -2.49. The van der Waals surface area contributed by atoms with Crippen LogP contribution in [0.4, 0.5) is 4.79 Å². The van der Waals surface area contributed by atoms with Crippen molar-refractivity contribution in [2.45, 2.75) is 58.6 Å². The molecule has 148 valence electrons. The van der Waals surface area contributed by atoms with E-state index in [4.69, 9.17) is 9.47 Å². The number of unbranched alkanes of at least 4 members (excludes halogenated alkanes) is 3. The highest BCUT2D eigenvalue weighted by molar-refractivity contribution is 5.94. The van der Waals surface area contributed by atoms with E-state index in [1.807, 2.05) is 18.2 Å². The number of amides is 2. The number of benzene rings is 1. The molecule has 2 rings (SSSR count). The van der Waals surface area contributed by atoms with Crippen LogP contribution >= 0.6 is 0 Å². The van der Waals surface area contributed by atoms with Gasteiger partial charge in [-0.15, -0.1) is 0 Å². The average Bonchev–Trinajstić information content (AvgIpc) is 2.64. The second-order valence-corrected chi connectivity index (χ2v) is 6.65. The summed E-state index contributed by atoms with van der Waals surface area (Å²) in [7, 11) is 0. The molecule has 0 aliphatic carbocycles. The highest BCUT2D eigenvalue weighted by atomic mass is 16.5. The molecule has 0 spiro atoms. The van der Waals surface area contributed by atoms with Crippen molar-refractivity contribution in [3.8, 4) is 0 Å². The van der Waals surface area contributed by atoms with E-state index >= 15 is 0 Å². The summed E-state index contributed by atoms with van der Waals surface area (Å²) in [6.45, 7) is 5.22. The highest BCUT2D eigenvalue weighted by Crippen LogP contribution is 2.19. The second kappa shape index (κ2) is 11.4. The van der Waals surface area contributed by atoms with Gasteiger partial charge in [0.25, 0.3) is 0 Å². The lowest BCUT2D eigenvalue weighted by molar-refractivity contribution is -0.139. The summed E-state index contributed by atoms with van der Waals surface area (Å²) in [4.78, 5) is 23.9. The third-order valence-electron chi connectivity index (χ3n) is 4.50. The van der Waals surface area contributed by atoms with Crippen LogP contribution < -0.4 is 10.6 Å². The third kappa shape index (κ3) is 7.06. The first-order chi connectivity index (χ1) is 13.1. The molecule has 6 nitrogen and oxygen atoms in total. The van der Waals surface area contributed by atoms with Gasteiger partial charge in [-0.25, -0.2) is 9.59 Å².